The summed E-state index contributed by atoms with van der Waals surface area (Å²) in [7, 11) is 0. The van der Waals surface area contributed by atoms with E-state index in [9.17, 15) is 22.8 Å². The van der Waals surface area contributed by atoms with Crippen LogP contribution in [0.1, 0.15) is 9.88 Å². The van der Waals surface area contributed by atoms with Crippen molar-refractivity contribution in [2.75, 3.05) is 5.32 Å². The average molecular weight is 465 g/mol. The highest BCUT2D eigenvalue weighted by atomic mass is 35.5. The van der Waals surface area contributed by atoms with Gasteiger partial charge in [-0.3, -0.25) is 4.79 Å². The second kappa shape index (κ2) is 8.05. The fraction of sp³-hybridized carbons (Fsp3) is 0.0500. The fourth-order valence-corrected chi connectivity index (χ4v) is 3.94. The predicted octanol–water partition coefficient (Wildman–Crippen LogP) is 5.30. The Balaban J connectivity index is 1.65. The van der Waals surface area contributed by atoms with Gasteiger partial charge in [-0.25, -0.2) is 9.78 Å². The van der Waals surface area contributed by atoms with Crippen LogP contribution in [0.4, 0.5) is 18.9 Å². The number of imidazole rings is 1. The van der Waals surface area contributed by atoms with Crippen molar-refractivity contribution in [2.45, 2.75) is 6.18 Å². The Kier molecular flexibility index (Phi) is 5.42. The van der Waals surface area contributed by atoms with Crippen molar-refractivity contribution >= 4 is 51.6 Å². The van der Waals surface area contributed by atoms with Gasteiger partial charge in [0, 0.05) is 16.7 Å². The van der Waals surface area contributed by atoms with E-state index in [4.69, 9.17) is 11.6 Å². The maximum absolute atomic E-state index is 13.2. The van der Waals surface area contributed by atoms with Gasteiger partial charge in [-0.1, -0.05) is 29.8 Å². The number of H-pyrrole nitrogens is 2. The number of fused-ring (bicyclic) bond motifs is 1. The number of thiazole rings is 1. The third-order valence-electron chi connectivity index (χ3n) is 4.19. The van der Waals surface area contributed by atoms with Gasteiger partial charge < -0.3 is 15.3 Å². The van der Waals surface area contributed by atoms with E-state index in [0.717, 1.165) is 6.08 Å². The molecule has 0 aliphatic carbocycles. The standard InChI is InChI=1S/C20H12ClF3N4O2S/c21-11-4-1-3-10(9-11)16-14(31-18(27-16)20(22,23)24)7-8-15(29)25-12-5-2-6-13-17(12)28-19(30)26-13/h1-9H,(H,25,29)(H2,26,28,30)/b8-7+. The molecule has 0 aliphatic heterocycles. The molecule has 0 atom stereocenters. The summed E-state index contributed by atoms with van der Waals surface area (Å²) < 4.78 is 39.6. The number of aromatic amines is 2. The largest absolute Gasteiger partial charge is 0.443 e. The first kappa shape index (κ1) is 20.9. The molecular formula is C20H12ClF3N4O2S. The molecule has 6 nitrogen and oxygen atoms in total. The zero-order chi connectivity index (χ0) is 22.2. The highest BCUT2D eigenvalue weighted by Gasteiger charge is 2.36. The van der Waals surface area contributed by atoms with Crippen LogP contribution in [0.3, 0.4) is 0 Å². The van der Waals surface area contributed by atoms with Crippen molar-refractivity contribution in [2.24, 2.45) is 0 Å². The lowest BCUT2D eigenvalue weighted by molar-refractivity contribution is -0.137. The molecule has 0 saturated heterocycles. The number of rotatable bonds is 4. The summed E-state index contributed by atoms with van der Waals surface area (Å²) in [5.74, 6) is -0.589. The normalized spacial score (nSPS) is 12.0. The van der Waals surface area contributed by atoms with Gasteiger partial charge in [0.1, 0.15) is 0 Å². The Labute approximate surface area is 181 Å². The molecule has 11 heteroatoms. The second-order valence-corrected chi connectivity index (χ2v) is 7.84. The Hall–Kier alpha value is -3.37. The maximum atomic E-state index is 13.2. The van der Waals surface area contributed by atoms with E-state index >= 15 is 0 Å². The molecule has 2 heterocycles. The van der Waals surface area contributed by atoms with Crippen LogP contribution in [-0.2, 0) is 11.0 Å². The maximum Gasteiger partial charge on any atom is 0.443 e. The first-order valence-electron chi connectivity index (χ1n) is 8.75. The van der Waals surface area contributed by atoms with Crippen LogP contribution >= 0.6 is 22.9 Å². The molecule has 158 valence electrons. The van der Waals surface area contributed by atoms with Gasteiger partial charge in [-0.15, -0.1) is 11.3 Å². The lowest BCUT2D eigenvalue weighted by atomic mass is 10.1. The zero-order valence-electron chi connectivity index (χ0n) is 15.4. The van der Waals surface area contributed by atoms with Crippen LogP contribution in [0.2, 0.25) is 5.02 Å². The molecule has 4 aromatic rings. The molecule has 0 spiro atoms. The number of halogens is 4. The molecule has 0 saturated carbocycles. The molecule has 2 aromatic heterocycles. The minimum atomic E-state index is -4.62. The van der Waals surface area contributed by atoms with E-state index < -0.39 is 22.8 Å². The minimum absolute atomic E-state index is 0.0703. The minimum Gasteiger partial charge on any atom is -0.321 e. The number of aromatic nitrogens is 3. The van der Waals surface area contributed by atoms with E-state index in [1.165, 1.54) is 12.1 Å². The van der Waals surface area contributed by atoms with Crippen LogP contribution in [0.5, 0.6) is 0 Å². The number of nitrogens with zero attached hydrogens (tertiary/aromatic N) is 1. The van der Waals surface area contributed by atoms with Crippen LogP contribution in [0.15, 0.2) is 53.3 Å². The SMILES string of the molecule is O=C(/C=C/c1sc(C(F)(F)F)nc1-c1cccc(Cl)c1)Nc1cccc2[nH]c(=O)[nH]c12. The predicted molar refractivity (Wildman–Crippen MR) is 114 cm³/mol. The monoisotopic (exact) mass is 464 g/mol. The third kappa shape index (κ3) is 4.54. The summed E-state index contributed by atoms with van der Waals surface area (Å²) in [6.45, 7) is 0. The lowest BCUT2D eigenvalue weighted by Crippen LogP contribution is -2.08. The molecule has 0 aliphatic rings. The number of nitrogens with one attached hydrogen (secondary N) is 3. The number of carbonyl (C=O) groups excluding carboxylic acids is 1. The molecule has 2 aromatic carbocycles. The molecule has 0 radical (unpaired) electrons. The summed E-state index contributed by atoms with van der Waals surface area (Å²) in [4.78, 5) is 32.9. The van der Waals surface area contributed by atoms with Crippen LogP contribution < -0.4 is 11.0 Å². The molecule has 1 amide bonds. The molecule has 31 heavy (non-hydrogen) atoms. The first-order chi connectivity index (χ1) is 14.7. The van der Waals surface area contributed by atoms with Gasteiger partial charge in [-0.2, -0.15) is 13.2 Å². The van der Waals surface area contributed by atoms with Crippen LogP contribution in [0.25, 0.3) is 28.4 Å². The fourth-order valence-electron chi connectivity index (χ4n) is 2.90. The molecule has 0 unspecified atom stereocenters. The zero-order valence-corrected chi connectivity index (χ0v) is 17.0. The van der Waals surface area contributed by atoms with E-state index in [1.807, 2.05) is 0 Å². The summed E-state index contributed by atoms with van der Waals surface area (Å²) in [5.41, 5.74) is 1.30. The van der Waals surface area contributed by atoms with Gasteiger partial charge in [0.05, 0.1) is 27.3 Å². The molecule has 0 fully saturated rings. The average Bonchev–Trinajstić information content (AvgIpc) is 3.30. The highest BCUT2D eigenvalue weighted by Crippen LogP contribution is 2.38. The number of benzene rings is 2. The smallest absolute Gasteiger partial charge is 0.321 e. The summed E-state index contributed by atoms with van der Waals surface area (Å²) >= 11 is 6.38. The third-order valence-corrected chi connectivity index (χ3v) is 5.49. The second-order valence-electron chi connectivity index (χ2n) is 6.37. The van der Waals surface area contributed by atoms with E-state index in [2.05, 4.69) is 20.3 Å². The van der Waals surface area contributed by atoms with Crippen molar-refractivity contribution in [1.29, 1.82) is 0 Å². The van der Waals surface area contributed by atoms with E-state index in [0.29, 0.717) is 38.6 Å². The Morgan fingerprint density at radius 3 is 2.68 bits per heavy atom. The Morgan fingerprint density at radius 2 is 1.94 bits per heavy atom. The Morgan fingerprint density at radius 1 is 1.16 bits per heavy atom. The van der Waals surface area contributed by atoms with Crippen molar-refractivity contribution in [3.8, 4) is 11.3 Å². The van der Waals surface area contributed by atoms with Crippen molar-refractivity contribution in [3.05, 3.63) is 73.9 Å². The lowest BCUT2D eigenvalue weighted by Gasteiger charge is -2.03. The molecular weight excluding hydrogens is 453 g/mol. The van der Waals surface area contributed by atoms with Crippen molar-refractivity contribution < 1.29 is 18.0 Å². The van der Waals surface area contributed by atoms with Gasteiger partial charge >= 0.3 is 11.9 Å². The van der Waals surface area contributed by atoms with Gasteiger partial charge in [0.2, 0.25) is 5.91 Å². The van der Waals surface area contributed by atoms with Crippen molar-refractivity contribution in [3.63, 3.8) is 0 Å². The summed E-state index contributed by atoms with van der Waals surface area (Å²) in [6, 6.07) is 11.2. The number of para-hydroxylation sites is 1. The van der Waals surface area contributed by atoms with E-state index in [1.54, 1.807) is 36.4 Å². The highest BCUT2D eigenvalue weighted by molar-refractivity contribution is 7.13. The first-order valence-corrected chi connectivity index (χ1v) is 9.94. The quantitative estimate of drug-likeness (QED) is 0.358. The van der Waals surface area contributed by atoms with Gasteiger partial charge in [0.25, 0.3) is 0 Å². The van der Waals surface area contributed by atoms with Crippen LogP contribution in [-0.4, -0.2) is 20.9 Å². The number of hydrogen-bond donors (Lipinski definition) is 3. The molecule has 0 bridgehead atoms. The molecule has 3 N–H and O–H groups in total. The summed E-state index contributed by atoms with van der Waals surface area (Å²) in [5, 5.41) is 1.92. The topological polar surface area (TPSA) is 90.6 Å². The summed E-state index contributed by atoms with van der Waals surface area (Å²) in [6.07, 6.45) is -2.26. The van der Waals surface area contributed by atoms with Gasteiger partial charge in [0.15, 0.2) is 5.01 Å². The molecule has 4 rings (SSSR count). The number of anilines is 1. The van der Waals surface area contributed by atoms with Gasteiger partial charge in [-0.05, 0) is 30.3 Å². The number of alkyl halides is 3. The number of carbonyl (C=O) groups is 1. The number of amides is 1. The Bertz CT molecular complexity index is 1370. The van der Waals surface area contributed by atoms with E-state index in [-0.39, 0.29) is 10.6 Å². The van der Waals surface area contributed by atoms with Crippen LogP contribution in [0, 0.1) is 0 Å². The number of hydrogen-bond acceptors (Lipinski definition) is 4. The van der Waals surface area contributed by atoms with Crippen molar-refractivity contribution in [1.82, 2.24) is 15.0 Å².